The van der Waals surface area contributed by atoms with Gasteiger partial charge in [-0.05, 0) is 49.8 Å². The predicted molar refractivity (Wildman–Crippen MR) is 67.4 cm³/mol. The Hall–Kier alpha value is 0.230. The molecule has 0 saturated carbocycles. The second-order valence-electron chi connectivity index (χ2n) is 4.22. The number of nitrogens with two attached hydrogens (primary N) is 1. The smallest absolute Gasteiger partial charge is 0.0615 e. The van der Waals surface area contributed by atoms with Crippen molar-refractivity contribution in [2.75, 3.05) is 38.3 Å². The van der Waals surface area contributed by atoms with Crippen LogP contribution in [0.5, 0.6) is 0 Å². The van der Waals surface area contributed by atoms with E-state index in [2.05, 4.69) is 17.1 Å². The van der Waals surface area contributed by atoms with Crippen LogP contribution in [0.3, 0.4) is 0 Å². The van der Waals surface area contributed by atoms with E-state index in [-0.39, 0.29) is 0 Å². The van der Waals surface area contributed by atoms with E-state index in [0.29, 0.717) is 6.04 Å². The molecular formula is C11H24N2OS. The van der Waals surface area contributed by atoms with E-state index in [0.717, 1.165) is 38.5 Å². The lowest BCUT2D eigenvalue weighted by molar-refractivity contribution is 0.159. The quantitative estimate of drug-likeness (QED) is 0.657. The Bertz CT molecular complexity index is 152. The van der Waals surface area contributed by atoms with Gasteiger partial charge in [-0.1, -0.05) is 0 Å². The van der Waals surface area contributed by atoms with Crippen LogP contribution in [-0.2, 0) is 4.74 Å². The first kappa shape index (κ1) is 13.3. The van der Waals surface area contributed by atoms with Crippen molar-refractivity contribution in [1.29, 1.82) is 0 Å². The molecule has 1 rings (SSSR count). The predicted octanol–water partition coefficient (Wildman–Crippen LogP) is 1.08. The summed E-state index contributed by atoms with van der Waals surface area (Å²) in [5.41, 5.74) is 5.52. The van der Waals surface area contributed by atoms with E-state index >= 15 is 0 Å². The third kappa shape index (κ3) is 5.76. The van der Waals surface area contributed by atoms with E-state index in [1.165, 1.54) is 17.9 Å². The molecule has 0 amide bonds. The maximum atomic E-state index is 5.52. The molecule has 0 spiro atoms. The van der Waals surface area contributed by atoms with Crippen LogP contribution in [0.2, 0.25) is 0 Å². The minimum atomic E-state index is 0.490. The molecule has 0 radical (unpaired) electrons. The lowest BCUT2D eigenvalue weighted by atomic mass is 10.1. The topological polar surface area (TPSA) is 47.3 Å². The molecule has 3 N–H and O–H groups in total. The molecule has 0 aliphatic carbocycles. The second kappa shape index (κ2) is 8.39. The van der Waals surface area contributed by atoms with E-state index in [1.54, 1.807) is 7.11 Å². The fraction of sp³-hybridized carbons (Fsp3) is 1.00. The number of nitrogens with one attached hydrogen (secondary N) is 1. The van der Waals surface area contributed by atoms with E-state index in [1.807, 2.05) is 0 Å². The van der Waals surface area contributed by atoms with Gasteiger partial charge in [0.2, 0.25) is 0 Å². The molecule has 0 aromatic carbocycles. The Morgan fingerprint density at radius 1 is 1.60 bits per heavy atom. The van der Waals surface area contributed by atoms with E-state index in [4.69, 9.17) is 10.5 Å². The first-order valence-electron chi connectivity index (χ1n) is 5.87. The summed E-state index contributed by atoms with van der Waals surface area (Å²) in [6, 6.07) is 0.490. The zero-order valence-electron chi connectivity index (χ0n) is 9.71. The monoisotopic (exact) mass is 232 g/mol. The van der Waals surface area contributed by atoms with E-state index < -0.39 is 0 Å². The summed E-state index contributed by atoms with van der Waals surface area (Å²) in [6.45, 7) is 2.73. The summed E-state index contributed by atoms with van der Waals surface area (Å²) in [5.74, 6) is 3.53. The van der Waals surface area contributed by atoms with Crippen LogP contribution < -0.4 is 11.1 Å². The summed E-state index contributed by atoms with van der Waals surface area (Å²) < 4.78 is 5.21. The Morgan fingerprint density at radius 2 is 2.47 bits per heavy atom. The van der Waals surface area contributed by atoms with Crippen LogP contribution in [0.15, 0.2) is 0 Å². The lowest BCUT2D eigenvalue weighted by Crippen LogP contribution is -2.37. The van der Waals surface area contributed by atoms with Crippen molar-refractivity contribution in [1.82, 2.24) is 5.32 Å². The highest BCUT2D eigenvalue weighted by Crippen LogP contribution is 2.22. The van der Waals surface area contributed by atoms with E-state index in [9.17, 15) is 0 Å². The summed E-state index contributed by atoms with van der Waals surface area (Å²) in [5, 5.41) is 3.60. The van der Waals surface area contributed by atoms with Crippen molar-refractivity contribution >= 4 is 11.8 Å². The maximum Gasteiger partial charge on any atom is 0.0615 e. The molecular weight excluding hydrogens is 208 g/mol. The molecule has 1 aliphatic heterocycles. The zero-order chi connectivity index (χ0) is 10.9. The number of methoxy groups -OCH3 is 1. The highest BCUT2D eigenvalue weighted by atomic mass is 32.2. The van der Waals surface area contributed by atoms with Crippen LogP contribution in [0.4, 0.5) is 0 Å². The minimum absolute atomic E-state index is 0.490. The first-order valence-corrected chi connectivity index (χ1v) is 7.02. The van der Waals surface area contributed by atoms with Gasteiger partial charge >= 0.3 is 0 Å². The molecule has 1 fully saturated rings. The molecule has 15 heavy (non-hydrogen) atoms. The molecule has 2 atom stereocenters. The number of ether oxygens (including phenoxy) is 1. The largest absolute Gasteiger partial charge is 0.383 e. The molecule has 4 heteroatoms. The molecule has 0 bridgehead atoms. The molecule has 2 unspecified atom stereocenters. The first-order chi connectivity index (χ1) is 7.36. The molecule has 1 saturated heterocycles. The van der Waals surface area contributed by atoms with Crippen molar-refractivity contribution in [2.45, 2.75) is 25.3 Å². The number of thioether (sulfide) groups is 1. The average Bonchev–Trinajstić information content (AvgIpc) is 2.75. The standard InChI is InChI=1S/C11H24N2OS/c1-14-8-11(3-2-5-12)13-7-10-4-6-15-9-10/h10-11,13H,2-9,12H2,1H3. The summed E-state index contributed by atoms with van der Waals surface area (Å²) >= 11 is 2.07. The molecule has 1 aliphatic rings. The Labute approximate surface area is 97.5 Å². The highest BCUT2D eigenvalue weighted by molar-refractivity contribution is 7.99. The Balaban J connectivity index is 2.11. The van der Waals surface area contributed by atoms with Gasteiger partial charge in [0.15, 0.2) is 0 Å². The molecule has 90 valence electrons. The molecule has 0 aromatic rings. The van der Waals surface area contributed by atoms with Crippen molar-refractivity contribution in [3.05, 3.63) is 0 Å². The lowest BCUT2D eigenvalue weighted by Gasteiger charge is -2.19. The van der Waals surface area contributed by atoms with Gasteiger partial charge < -0.3 is 15.8 Å². The van der Waals surface area contributed by atoms with Crippen LogP contribution in [-0.4, -0.2) is 44.4 Å². The fourth-order valence-corrected chi connectivity index (χ4v) is 3.17. The summed E-state index contributed by atoms with van der Waals surface area (Å²) in [7, 11) is 1.77. The zero-order valence-corrected chi connectivity index (χ0v) is 10.5. The Morgan fingerprint density at radius 3 is 3.07 bits per heavy atom. The van der Waals surface area contributed by atoms with Crippen molar-refractivity contribution in [3.8, 4) is 0 Å². The van der Waals surface area contributed by atoms with Crippen molar-refractivity contribution < 1.29 is 4.74 Å². The summed E-state index contributed by atoms with van der Waals surface area (Å²) in [4.78, 5) is 0. The molecule has 0 aromatic heterocycles. The maximum absolute atomic E-state index is 5.52. The molecule has 3 nitrogen and oxygen atoms in total. The number of hydrogen-bond donors (Lipinski definition) is 2. The number of hydrogen-bond acceptors (Lipinski definition) is 4. The highest BCUT2D eigenvalue weighted by Gasteiger charge is 2.16. The third-order valence-electron chi connectivity index (χ3n) is 2.84. The van der Waals surface area contributed by atoms with Gasteiger partial charge in [-0.3, -0.25) is 0 Å². The van der Waals surface area contributed by atoms with Gasteiger partial charge in [-0.2, -0.15) is 11.8 Å². The summed E-state index contributed by atoms with van der Waals surface area (Å²) in [6.07, 6.45) is 3.58. The van der Waals surface area contributed by atoms with Gasteiger partial charge in [0.05, 0.1) is 6.61 Å². The Kier molecular flexibility index (Phi) is 7.44. The van der Waals surface area contributed by atoms with Crippen molar-refractivity contribution in [2.24, 2.45) is 11.7 Å². The van der Waals surface area contributed by atoms with Gasteiger partial charge in [-0.25, -0.2) is 0 Å². The third-order valence-corrected chi connectivity index (χ3v) is 4.08. The minimum Gasteiger partial charge on any atom is -0.383 e. The van der Waals surface area contributed by atoms with Gasteiger partial charge in [0.1, 0.15) is 0 Å². The SMILES string of the molecule is COCC(CCCN)NCC1CCSC1. The van der Waals surface area contributed by atoms with Crippen LogP contribution in [0.25, 0.3) is 0 Å². The van der Waals surface area contributed by atoms with Crippen LogP contribution in [0.1, 0.15) is 19.3 Å². The average molecular weight is 232 g/mol. The second-order valence-corrected chi connectivity index (χ2v) is 5.37. The number of rotatable bonds is 8. The van der Waals surface area contributed by atoms with Gasteiger partial charge in [0.25, 0.3) is 0 Å². The fourth-order valence-electron chi connectivity index (χ4n) is 1.89. The normalized spacial score (nSPS) is 23.2. The van der Waals surface area contributed by atoms with Crippen LogP contribution >= 0.6 is 11.8 Å². The van der Waals surface area contributed by atoms with Crippen LogP contribution in [0, 0.1) is 5.92 Å². The van der Waals surface area contributed by atoms with Gasteiger partial charge in [-0.15, -0.1) is 0 Å². The molecule has 1 heterocycles. The van der Waals surface area contributed by atoms with Crippen molar-refractivity contribution in [3.63, 3.8) is 0 Å². The van der Waals surface area contributed by atoms with Gasteiger partial charge in [0, 0.05) is 13.2 Å².